The minimum atomic E-state index is -0.558. The highest BCUT2D eigenvalue weighted by Gasteiger charge is 2.18. The Morgan fingerprint density at radius 1 is 1.14 bits per heavy atom. The summed E-state index contributed by atoms with van der Waals surface area (Å²) >= 11 is 0. The van der Waals surface area contributed by atoms with Gasteiger partial charge in [-0.1, -0.05) is 0 Å². The van der Waals surface area contributed by atoms with Crippen molar-refractivity contribution in [3.8, 4) is 5.75 Å². The Bertz CT molecular complexity index is 595. The Labute approximate surface area is 120 Å². The minimum absolute atomic E-state index is 0.157. The van der Waals surface area contributed by atoms with Crippen molar-refractivity contribution in [3.05, 3.63) is 29.8 Å². The molecule has 3 amide bonds. The number of ether oxygens (including phenoxy) is 1. The van der Waals surface area contributed by atoms with Crippen LogP contribution in [0.25, 0.3) is 0 Å². The van der Waals surface area contributed by atoms with Gasteiger partial charge in [-0.3, -0.25) is 25.2 Å². The van der Waals surface area contributed by atoms with Crippen molar-refractivity contribution in [1.82, 2.24) is 16.3 Å². The van der Waals surface area contributed by atoms with Gasteiger partial charge in [0.1, 0.15) is 11.5 Å². The molecule has 1 aromatic carbocycles. The molecule has 0 aliphatic carbocycles. The second-order valence-corrected chi connectivity index (χ2v) is 4.23. The van der Waals surface area contributed by atoms with E-state index in [-0.39, 0.29) is 24.5 Å². The van der Waals surface area contributed by atoms with Crippen LogP contribution < -0.4 is 21.0 Å². The number of hydrazine groups is 1. The zero-order valence-electron chi connectivity index (χ0n) is 11.3. The van der Waals surface area contributed by atoms with Crippen molar-refractivity contribution in [2.75, 3.05) is 7.11 Å². The average Bonchev–Trinajstić information content (AvgIpc) is 2.53. The van der Waals surface area contributed by atoms with Gasteiger partial charge in [0, 0.05) is 18.4 Å². The van der Waals surface area contributed by atoms with Crippen LogP contribution in [0.4, 0.5) is 0 Å². The summed E-state index contributed by atoms with van der Waals surface area (Å²) in [7, 11) is 1.53. The molecular formula is C13H14N4O4. The quantitative estimate of drug-likeness (QED) is 0.665. The molecule has 0 radical (unpaired) electrons. The fourth-order valence-corrected chi connectivity index (χ4v) is 1.64. The van der Waals surface area contributed by atoms with Gasteiger partial charge in [-0.2, -0.15) is 5.10 Å². The number of benzene rings is 1. The number of nitrogens with zero attached hydrogens (tertiary/aromatic N) is 1. The van der Waals surface area contributed by atoms with Gasteiger partial charge >= 0.3 is 0 Å². The highest BCUT2D eigenvalue weighted by molar-refractivity contribution is 6.39. The molecule has 0 aromatic heterocycles. The topological polar surface area (TPSA) is 109 Å². The van der Waals surface area contributed by atoms with Gasteiger partial charge in [0.15, 0.2) is 0 Å². The van der Waals surface area contributed by atoms with Crippen LogP contribution >= 0.6 is 0 Å². The number of hydrazone groups is 1. The second kappa shape index (κ2) is 6.51. The Morgan fingerprint density at radius 3 is 2.38 bits per heavy atom. The third-order valence-electron chi connectivity index (χ3n) is 2.81. The number of carbonyl (C=O) groups excluding carboxylic acids is 3. The molecule has 0 spiro atoms. The maximum atomic E-state index is 11.8. The smallest absolute Gasteiger partial charge is 0.285 e. The third kappa shape index (κ3) is 3.78. The van der Waals surface area contributed by atoms with E-state index in [0.717, 1.165) is 0 Å². The molecule has 0 saturated heterocycles. The van der Waals surface area contributed by atoms with Crippen molar-refractivity contribution in [2.24, 2.45) is 5.10 Å². The van der Waals surface area contributed by atoms with E-state index < -0.39 is 11.8 Å². The van der Waals surface area contributed by atoms with E-state index in [4.69, 9.17) is 4.74 Å². The number of nitrogens with one attached hydrogen (secondary N) is 3. The number of amides is 3. The van der Waals surface area contributed by atoms with Gasteiger partial charge < -0.3 is 4.74 Å². The molecular weight excluding hydrogens is 276 g/mol. The third-order valence-corrected chi connectivity index (χ3v) is 2.81. The first-order chi connectivity index (χ1) is 10.1. The van der Waals surface area contributed by atoms with Crippen LogP contribution in [0.3, 0.4) is 0 Å². The van der Waals surface area contributed by atoms with Crippen LogP contribution in [0.1, 0.15) is 23.2 Å². The molecule has 1 heterocycles. The largest absolute Gasteiger partial charge is 0.497 e. The number of methoxy groups -OCH3 is 1. The molecule has 1 aliphatic rings. The summed E-state index contributed by atoms with van der Waals surface area (Å²) in [5, 5.41) is 3.62. The van der Waals surface area contributed by atoms with Crippen molar-refractivity contribution >= 4 is 23.4 Å². The van der Waals surface area contributed by atoms with E-state index >= 15 is 0 Å². The summed E-state index contributed by atoms with van der Waals surface area (Å²) in [5.41, 5.74) is 7.25. The molecule has 2 rings (SSSR count). The van der Waals surface area contributed by atoms with Gasteiger partial charge in [-0.25, -0.2) is 5.43 Å². The lowest BCUT2D eigenvalue weighted by atomic mass is 10.2. The van der Waals surface area contributed by atoms with Crippen molar-refractivity contribution in [3.63, 3.8) is 0 Å². The van der Waals surface area contributed by atoms with E-state index in [9.17, 15) is 14.4 Å². The second-order valence-electron chi connectivity index (χ2n) is 4.23. The lowest BCUT2D eigenvalue weighted by Gasteiger charge is -2.12. The maximum Gasteiger partial charge on any atom is 0.285 e. The van der Waals surface area contributed by atoms with Crippen LogP contribution in [-0.4, -0.2) is 30.5 Å². The van der Waals surface area contributed by atoms with Crippen molar-refractivity contribution in [1.29, 1.82) is 0 Å². The molecule has 3 N–H and O–H groups in total. The summed E-state index contributed by atoms with van der Waals surface area (Å²) in [6.07, 6.45) is 0.425. The van der Waals surface area contributed by atoms with Gasteiger partial charge in [0.25, 0.3) is 11.8 Å². The summed E-state index contributed by atoms with van der Waals surface area (Å²) in [6.45, 7) is 0. The molecule has 0 bridgehead atoms. The zero-order valence-corrected chi connectivity index (χ0v) is 11.3. The fourth-order valence-electron chi connectivity index (χ4n) is 1.64. The predicted molar refractivity (Wildman–Crippen MR) is 73.4 cm³/mol. The number of hydrogen-bond acceptors (Lipinski definition) is 5. The predicted octanol–water partition coefficient (Wildman–Crippen LogP) is -0.278. The monoisotopic (exact) mass is 290 g/mol. The van der Waals surface area contributed by atoms with Crippen LogP contribution in [0.2, 0.25) is 0 Å². The molecule has 1 aromatic rings. The molecule has 0 fully saturated rings. The van der Waals surface area contributed by atoms with E-state index in [1.807, 2.05) is 0 Å². The summed E-state index contributed by atoms with van der Waals surface area (Å²) < 4.78 is 4.98. The lowest BCUT2D eigenvalue weighted by Crippen LogP contribution is -2.46. The van der Waals surface area contributed by atoms with Gasteiger partial charge in [-0.05, 0) is 24.3 Å². The summed E-state index contributed by atoms with van der Waals surface area (Å²) in [4.78, 5) is 34.4. The van der Waals surface area contributed by atoms with Gasteiger partial charge in [0.05, 0.1) is 7.11 Å². The molecule has 0 unspecified atom stereocenters. The van der Waals surface area contributed by atoms with Crippen molar-refractivity contribution < 1.29 is 19.1 Å². The Kier molecular flexibility index (Phi) is 4.50. The number of hydrogen-bond donors (Lipinski definition) is 3. The van der Waals surface area contributed by atoms with E-state index in [1.54, 1.807) is 24.3 Å². The first-order valence-electron chi connectivity index (χ1n) is 6.20. The minimum Gasteiger partial charge on any atom is -0.497 e. The van der Waals surface area contributed by atoms with Gasteiger partial charge in [-0.15, -0.1) is 0 Å². The summed E-state index contributed by atoms with van der Waals surface area (Å²) in [5.74, 6) is -0.639. The summed E-state index contributed by atoms with van der Waals surface area (Å²) in [6, 6.07) is 6.41. The SMILES string of the molecule is COc1ccc(C(=O)NNC(=O)C2=NNC(=O)CC2)cc1. The normalized spacial score (nSPS) is 13.8. The highest BCUT2D eigenvalue weighted by Crippen LogP contribution is 2.10. The molecule has 0 atom stereocenters. The standard InChI is InChI=1S/C13H14N4O4/c1-21-9-4-2-8(3-5-9)12(19)16-17-13(20)10-6-7-11(18)15-14-10/h2-5H,6-7H2,1H3,(H,15,18)(H,16,19)(H,17,20). The molecule has 8 heteroatoms. The Morgan fingerprint density at radius 2 is 1.81 bits per heavy atom. The van der Waals surface area contributed by atoms with Crippen LogP contribution in [0.5, 0.6) is 5.75 Å². The fraction of sp³-hybridized carbons (Fsp3) is 0.231. The van der Waals surface area contributed by atoms with Gasteiger partial charge in [0.2, 0.25) is 5.91 Å². The number of rotatable bonds is 3. The number of carbonyl (C=O) groups is 3. The highest BCUT2D eigenvalue weighted by atomic mass is 16.5. The van der Waals surface area contributed by atoms with Crippen LogP contribution in [0.15, 0.2) is 29.4 Å². The molecule has 0 saturated carbocycles. The van der Waals surface area contributed by atoms with Crippen molar-refractivity contribution in [2.45, 2.75) is 12.8 Å². The Hall–Kier alpha value is -2.90. The Balaban J connectivity index is 1.88. The van der Waals surface area contributed by atoms with Crippen LogP contribution in [0, 0.1) is 0 Å². The molecule has 21 heavy (non-hydrogen) atoms. The molecule has 1 aliphatic heterocycles. The van der Waals surface area contributed by atoms with E-state index in [0.29, 0.717) is 11.3 Å². The average molecular weight is 290 g/mol. The van der Waals surface area contributed by atoms with Crippen LogP contribution in [-0.2, 0) is 9.59 Å². The first kappa shape index (κ1) is 14.5. The van der Waals surface area contributed by atoms with E-state index in [2.05, 4.69) is 21.4 Å². The molecule has 110 valence electrons. The molecule has 8 nitrogen and oxygen atoms in total. The first-order valence-corrected chi connectivity index (χ1v) is 6.20. The maximum absolute atomic E-state index is 11.8. The lowest BCUT2D eigenvalue weighted by molar-refractivity contribution is -0.121. The van der Waals surface area contributed by atoms with E-state index in [1.165, 1.54) is 7.11 Å². The zero-order chi connectivity index (χ0) is 15.2.